The van der Waals surface area contributed by atoms with Gasteiger partial charge in [0.15, 0.2) is 5.82 Å². The summed E-state index contributed by atoms with van der Waals surface area (Å²) in [7, 11) is 0. The molecule has 7 heteroatoms. The first kappa shape index (κ1) is 14.9. The summed E-state index contributed by atoms with van der Waals surface area (Å²) in [5.74, 6) is 0.817. The number of nitrogens with zero attached hydrogens (tertiary/aromatic N) is 5. The van der Waals surface area contributed by atoms with Crippen LogP contribution in [0.1, 0.15) is 11.1 Å². The number of aromatic nitrogens is 3. The molecule has 0 saturated heterocycles. The molecule has 0 spiro atoms. The molecule has 2 N–H and O–H groups in total. The highest BCUT2D eigenvalue weighted by atomic mass is 15.3. The number of nitriles is 2. The van der Waals surface area contributed by atoms with Gasteiger partial charge in [0.1, 0.15) is 0 Å². The van der Waals surface area contributed by atoms with Gasteiger partial charge in [-0.15, -0.1) is 5.10 Å². The predicted octanol–water partition coefficient (Wildman–Crippen LogP) is 3.10. The second kappa shape index (κ2) is 6.86. The van der Waals surface area contributed by atoms with Crippen LogP contribution in [0.5, 0.6) is 0 Å². The molecular formula is C17H11N7. The van der Waals surface area contributed by atoms with E-state index in [-0.39, 0.29) is 0 Å². The van der Waals surface area contributed by atoms with Crippen molar-refractivity contribution in [1.82, 2.24) is 15.2 Å². The van der Waals surface area contributed by atoms with Crippen molar-refractivity contribution in [3.63, 3.8) is 0 Å². The minimum Gasteiger partial charge on any atom is -0.339 e. The molecule has 114 valence electrons. The Labute approximate surface area is 138 Å². The van der Waals surface area contributed by atoms with Crippen LogP contribution in [0.2, 0.25) is 0 Å². The fourth-order valence-electron chi connectivity index (χ4n) is 1.99. The van der Waals surface area contributed by atoms with Gasteiger partial charge in [0.25, 0.3) is 0 Å². The predicted molar refractivity (Wildman–Crippen MR) is 88.7 cm³/mol. The van der Waals surface area contributed by atoms with E-state index in [1.54, 1.807) is 42.5 Å². The highest BCUT2D eigenvalue weighted by Gasteiger charge is 2.03. The van der Waals surface area contributed by atoms with E-state index in [9.17, 15) is 0 Å². The van der Waals surface area contributed by atoms with E-state index < -0.39 is 0 Å². The Morgan fingerprint density at radius 3 is 2.38 bits per heavy atom. The minimum absolute atomic E-state index is 0.321. The number of hydrogen-bond donors (Lipinski definition) is 2. The van der Waals surface area contributed by atoms with E-state index >= 15 is 0 Å². The Balaban J connectivity index is 1.76. The van der Waals surface area contributed by atoms with Crippen LogP contribution in [0.4, 0.5) is 23.1 Å². The van der Waals surface area contributed by atoms with Crippen LogP contribution < -0.4 is 10.6 Å². The maximum atomic E-state index is 8.93. The van der Waals surface area contributed by atoms with E-state index in [0.717, 1.165) is 11.4 Å². The zero-order valence-electron chi connectivity index (χ0n) is 12.4. The lowest BCUT2D eigenvalue weighted by atomic mass is 10.2. The molecule has 0 fully saturated rings. The lowest BCUT2D eigenvalue weighted by molar-refractivity contribution is 0.982. The molecule has 3 aromatic rings. The van der Waals surface area contributed by atoms with Crippen molar-refractivity contribution in [3.8, 4) is 12.1 Å². The third-order valence-corrected chi connectivity index (χ3v) is 3.09. The number of nitrogens with one attached hydrogen (secondary N) is 2. The first-order valence-electron chi connectivity index (χ1n) is 7.01. The Morgan fingerprint density at radius 2 is 1.62 bits per heavy atom. The van der Waals surface area contributed by atoms with Gasteiger partial charge in [0.05, 0.1) is 29.5 Å². The van der Waals surface area contributed by atoms with Crippen LogP contribution in [0.25, 0.3) is 0 Å². The zero-order valence-corrected chi connectivity index (χ0v) is 12.4. The molecule has 7 nitrogen and oxygen atoms in total. The van der Waals surface area contributed by atoms with Gasteiger partial charge in [-0.25, -0.2) is 0 Å². The first-order valence-corrected chi connectivity index (χ1v) is 7.01. The topological polar surface area (TPSA) is 110 Å². The van der Waals surface area contributed by atoms with Gasteiger partial charge < -0.3 is 10.6 Å². The third-order valence-electron chi connectivity index (χ3n) is 3.09. The largest absolute Gasteiger partial charge is 0.339 e. The quantitative estimate of drug-likeness (QED) is 0.761. The van der Waals surface area contributed by atoms with E-state index in [2.05, 4.69) is 38.0 Å². The van der Waals surface area contributed by atoms with Crippen LogP contribution in [0, 0.1) is 22.7 Å². The molecule has 1 heterocycles. The van der Waals surface area contributed by atoms with Crippen molar-refractivity contribution in [2.24, 2.45) is 0 Å². The van der Waals surface area contributed by atoms with Crippen molar-refractivity contribution in [3.05, 3.63) is 65.9 Å². The molecule has 1 aromatic heterocycles. The average Bonchev–Trinajstić information content (AvgIpc) is 2.63. The van der Waals surface area contributed by atoms with Crippen molar-refractivity contribution in [1.29, 1.82) is 10.5 Å². The SMILES string of the molecule is N#Cc1ccc(Nc2nncc(Nc3cccc(C#N)c3)n2)cc1. The molecule has 0 aliphatic carbocycles. The summed E-state index contributed by atoms with van der Waals surface area (Å²) in [4.78, 5) is 4.32. The van der Waals surface area contributed by atoms with Crippen molar-refractivity contribution >= 4 is 23.1 Å². The second-order valence-electron chi connectivity index (χ2n) is 4.80. The maximum Gasteiger partial charge on any atom is 0.249 e. The molecule has 0 saturated carbocycles. The lowest BCUT2D eigenvalue weighted by Gasteiger charge is -2.08. The number of benzene rings is 2. The Hall–Kier alpha value is -3.97. The monoisotopic (exact) mass is 313 g/mol. The molecule has 0 aliphatic rings. The molecule has 0 radical (unpaired) electrons. The molecule has 2 aromatic carbocycles. The lowest BCUT2D eigenvalue weighted by Crippen LogP contribution is -2.02. The fourth-order valence-corrected chi connectivity index (χ4v) is 1.99. The van der Waals surface area contributed by atoms with Crippen LogP contribution in [-0.4, -0.2) is 15.2 Å². The molecular weight excluding hydrogens is 302 g/mol. The van der Waals surface area contributed by atoms with E-state index in [1.807, 2.05) is 6.07 Å². The standard InChI is InChI=1S/C17H11N7/c18-9-12-4-6-14(7-5-12)22-17-23-16(11-20-24-17)21-15-3-1-2-13(8-15)10-19/h1-8,11H,(H2,21,22,23,24). The van der Waals surface area contributed by atoms with E-state index in [4.69, 9.17) is 10.5 Å². The number of hydrogen-bond acceptors (Lipinski definition) is 7. The molecule has 0 unspecified atom stereocenters. The van der Waals surface area contributed by atoms with E-state index in [0.29, 0.717) is 22.9 Å². The number of anilines is 4. The molecule has 3 rings (SSSR count). The highest BCUT2D eigenvalue weighted by molar-refractivity contribution is 5.60. The van der Waals surface area contributed by atoms with Crippen LogP contribution in [-0.2, 0) is 0 Å². The number of rotatable bonds is 4. The fraction of sp³-hybridized carbons (Fsp3) is 0. The Morgan fingerprint density at radius 1 is 0.833 bits per heavy atom. The van der Waals surface area contributed by atoms with Crippen molar-refractivity contribution in [2.45, 2.75) is 0 Å². The molecule has 0 aliphatic heterocycles. The Kier molecular flexibility index (Phi) is 4.27. The molecule has 24 heavy (non-hydrogen) atoms. The summed E-state index contributed by atoms with van der Waals surface area (Å²) in [5.41, 5.74) is 2.61. The molecule has 0 amide bonds. The summed E-state index contributed by atoms with van der Waals surface area (Å²) in [6.07, 6.45) is 1.49. The van der Waals surface area contributed by atoms with Crippen molar-refractivity contribution < 1.29 is 0 Å². The van der Waals surface area contributed by atoms with Gasteiger partial charge in [-0.1, -0.05) is 6.07 Å². The first-order chi connectivity index (χ1) is 11.8. The third kappa shape index (κ3) is 3.62. The summed E-state index contributed by atoms with van der Waals surface area (Å²) >= 11 is 0. The van der Waals surface area contributed by atoms with Gasteiger partial charge >= 0.3 is 0 Å². The van der Waals surface area contributed by atoms with Gasteiger partial charge in [0, 0.05) is 11.4 Å². The molecule has 0 bridgehead atoms. The van der Waals surface area contributed by atoms with Crippen LogP contribution in [0.3, 0.4) is 0 Å². The summed E-state index contributed by atoms with van der Waals surface area (Å²) in [5, 5.41) is 31.6. The van der Waals surface area contributed by atoms with Crippen molar-refractivity contribution in [2.75, 3.05) is 10.6 Å². The van der Waals surface area contributed by atoms with Crippen LogP contribution >= 0.6 is 0 Å². The summed E-state index contributed by atoms with van der Waals surface area (Å²) in [6.45, 7) is 0. The average molecular weight is 313 g/mol. The summed E-state index contributed by atoms with van der Waals surface area (Å²) < 4.78 is 0. The maximum absolute atomic E-state index is 8.93. The minimum atomic E-state index is 0.321. The molecule has 0 atom stereocenters. The van der Waals surface area contributed by atoms with Gasteiger partial charge in [-0.3, -0.25) is 0 Å². The summed E-state index contributed by atoms with van der Waals surface area (Å²) in [6, 6.07) is 18.1. The smallest absolute Gasteiger partial charge is 0.249 e. The zero-order chi connectivity index (χ0) is 16.8. The van der Waals surface area contributed by atoms with Gasteiger partial charge in [-0.2, -0.15) is 20.6 Å². The second-order valence-corrected chi connectivity index (χ2v) is 4.80. The van der Waals surface area contributed by atoms with Gasteiger partial charge in [-0.05, 0) is 42.5 Å². The van der Waals surface area contributed by atoms with Crippen LogP contribution in [0.15, 0.2) is 54.7 Å². The highest BCUT2D eigenvalue weighted by Crippen LogP contribution is 2.17. The normalized spacial score (nSPS) is 9.58. The van der Waals surface area contributed by atoms with Gasteiger partial charge in [0.2, 0.25) is 5.95 Å². The van der Waals surface area contributed by atoms with E-state index in [1.165, 1.54) is 6.20 Å². The Bertz CT molecular complexity index is 936.